The first-order valence-electron chi connectivity index (χ1n) is 30.2. The van der Waals surface area contributed by atoms with Gasteiger partial charge in [-0.05, 0) is 141 Å². The van der Waals surface area contributed by atoms with Gasteiger partial charge in [-0.2, -0.15) is 0 Å². The second-order valence-corrected chi connectivity index (χ2v) is 20.9. The molecule has 0 fully saturated rings. The summed E-state index contributed by atoms with van der Waals surface area (Å²) >= 11 is 0. The predicted molar refractivity (Wildman–Crippen MR) is 294 cm³/mol. The van der Waals surface area contributed by atoms with Crippen LogP contribution in [0.2, 0.25) is 0 Å². The van der Waals surface area contributed by atoms with E-state index in [-0.39, 0.29) is 77.4 Å². The number of phenols is 1. The van der Waals surface area contributed by atoms with Gasteiger partial charge in [0.05, 0.1) is 33.3 Å². The monoisotopic (exact) mass is 1120 g/mol. The number of aryl methyl sites for hydroxylation is 1. The number of fused-ring (bicyclic) bond motifs is 1. The average Bonchev–Trinajstić information content (AvgIpc) is 4.09. The molecule has 0 spiro atoms. The van der Waals surface area contributed by atoms with Crippen LogP contribution in [-0.2, 0) is 37.3 Å². The zero-order chi connectivity index (χ0) is 59.0. The number of imidazole rings is 1. The summed E-state index contributed by atoms with van der Waals surface area (Å²) < 4.78 is 99.9. The van der Waals surface area contributed by atoms with E-state index in [1.165, 1.54) is 11.1 Å². The number of rotatable bonds is 14. The molecule has 5 heteroatoms. The summed E-state index contributed by atoms with van der Waals surface area (Å²) in [5.74, 6) is 0.317. The number of hydrogen-bond donors (Lipinski definition) is 1. The number of benzene rings is 6. The van der Waals surface area contributed by atoms with E-state index in [4.69, 9.17) is 14.6 Å². The molecular weight excluding hydrogens is 1030 g/mol. The average molecular weight is 1120 g/mol. The number of pyridine rings is 1. The Morgan fingerprint density at radius 2 is 1.34 bits per heavy atom. The van der Waals surface area contributed by atoms with Crippen LogP contribution in [0.25, 0.3) is 72.7 Å². The van der Waals surface area contributed by atoms with E-state index in [1.54, 1.807) is 6.07 Å². The Hall–Kier alpha value is -5.57. The number of aromatic hydroxyl groups is 1. The summed E-state index contributed by atoms with van der Waals surface area (Å²) in [6.45, 7) is 25.0. The maximum atomic E-state index is 12.5. The number of para-hydroxylation sites is 1. The standard InChI is InChI=1S/C65H74N3O.Pt/c1-15-64(13,16-2)54-27-23-28-55(65(14,17-3)18-4)59(54)46-30-31-57(43(9)34-46)68-58-29-22-26-51(60(58)67-62(68)53-39-47(41(5)6)38-52(42(7)8)61(53)69)48-35-49(37-50(36-48)63(10,11)12)56-40-45(32-33-66-56)44-24-20-19-21-25-44;/h19-34,36-42,69H,15-18H2,1-14H3;/q-1;/i9D3,19D,20D,21D,24D,25D,32D,33D,40D;. The van der Waals surface area contributed by atoms with Gasteiger partial charge in [0.2, 0.25) is 0 Å². The van der Waals surface area contributed by atoms with Crippen LogP contribution in [0, 0.1) is 12.9 Å². The van der Waals surface area contributed by atoms with Gasteiger partial charge in [-0.1, -0.05) is 180 Å². The van der Waals surface area contributed by atoms with Crippen LogP contribution < -0.4 is 0 Å². The first kappa shape index (κ1) is 39.1. The smallest absolute Gasteiger partial charge is 0.148 e. The molecule has 1 N–H and O–H groups in total. The van der Waals surface area contributed by atoms with Crippen LogP contribution >= 0.6 is 0 Å². The topological polar surface area (TPSA) is 50.9 Å². The van der Waals surface area contributed by atoms with Crippen molar-refractivity contribution in [2.45, 2.75) is 151 Å². The third-order valence-electron chi connectivity index (χ3n) is 15.0. The Morgan fingerprint density at radius 1 is 0.700 bits per heavy atom. The molecule has 0 radical (unpaired) electrons. The molecule has 70 heavy (non-hydrogen) atoms. The quantitative estimate of drug-likeness (QED) is 0.110. The van der Waals surface area contributed by atoms with E-state index in [1.807, 2.05) is 93.8 Å². The number of hydrogen-bond acceptors (Lipinski definition) is 3. The van der Waals surface area contributed by atoms with Gasteiger partial charge in [0, 0.05) is 37.0 Å². The Kier molecular flexibility index (Phi) is 11.5. The molecule has 366 valence electrons. The molecule has 0 saturated carbocycles. The minimum absolute atomic E-state index is 0. The first-order chi connectivity index (χ1) is 37.4. The van der Waals surface area contributed by atoms with Crippen molar-refractivity contribution in [2.75, 3.05) is 0 Å². The summed E-state index contributed by atoms with van der Waals surface area (Å²) in [4.78, 5) is 9.92. The molecule has 4 nitrogen and oxygen atoms in total. The van der Waals surface area contributed by atoms with E-state index in [0.717, 1.165) is 53.5 Å². The molecule has 0 amide bonds. The zero-order valence-corrected chi connectivity index (χ0v) is 45.4. The van der Waals surface area contributed by atoms with Crippen LogP contribution in [0.4, 0.5) is 0 Å². The second kappa shape index (κ2) is 20.6. The van der Waals surface area contributed by atoms with E-state index in [9.17, 15) is 10.6 Å². The minimum Gasteiger partial charge on any atom is -0.507 e. The molecular formula is C65H74N3OPt-. The summed E-state index contributed by atoms with van der Waals surface area (Å²) in [6, 6.07) is 25.1. The van der Waals surface area contributed by atoms with Crippen molar-refractivity contribution in [3.63, 3.8) is 0 Å². The fraction of sp³-hybridized carbons (Fsp3) is 0.354. The van der Waals surface area contributed by atoms with E-state index < -0.39 is 60.7 Å². The third kappa shape index (κ3) is 9.75. The summed E-state index contributed by atoms with van der Waals surface area (Å²) in [6.07, 6.45) is 2.97. The van der Waals surface area contributed by atoms with Gasteiger partial charge in [0.15, 0.2) is 0 Å². The van der Waals surface area contributed by atoms with Gasteiger partial charge in [-0.3, -0.25) is 9.55 Å². The van der Waals surface area contributed by atoms with Crippen molar-refractivity contribution in [3.05, 3.63) is 167 Å². The van der Waals surface area contributed by atoms with Crippen LogP contribution in [0.15, 0.2) is 127 Å². The van der Waals surface area contributed by atoms with Gasteiger partial charge in [0.25, 0.3) is 0 Å². The fourth-order valence-corrected chi connectivity index (χ4v) is 9.60. The molecule has 0 aliphatic heterocycles. The molecule has 0 aliphatic rings. The predicted octanol–water partition coefficient (Wildman–Crippen LogP) is 18.3. The van der Waals surface area contributed by atoms with Crippen LogP contribution in [0.3, 0.4) is 0 Å². The van der Waals surface area contributed by atoms with E-state index in [0.29, 0.717) is 39.2 Å². The number of nitrogens with zero attached hydrogens (tertiary/aromatic N) is 3. The number of aromatic nitrogens is 3. The normalized spacial score (nSPS) is 14.7. The zero-order valence-electron chi connectivity index (χ0n) is 54.1. The van der Waals surface area contributed by atoms with Crippen LogP contribution in [-0.4, -0.2) is 19.6 Å². The fourth-order valence-electron chi connectivity index (χ4n) is 9.60. The van der Waals surface area contributed by atoms with Crippen LogP contribution in [0.5, 0.6) is 5.75 Å². The van der Waals surface area contributed by atoms with Crippen molar-refractivity contribution >= 4 is 11.0 Å². The Labute approximate surface area is 449 Å². The van der Waals surface area contributed by atoms with Crippen molar-refractivity contribution in [2.24, 2.45) is 0 Å². The van der Waals surface area contributed by atoms with Crippen molar-refractivity contribution < 1.29 is 41.3 Å². The molecule has 2 aromatic heterocycles. The summed E-state index contributed by atoms with van der Waals surface area (Å²) in [5.41, 5.74) is 8.14. The molecule has 0 bridgehead atoms. The van der Waals surface area contributed by atoms with Crippen LogP contribution in [0.1, 0.15) is 176 Å². The third-order valence-corrected chi connectivity index (χ3v) is 15.0. The molecule has 6 aromatic carbocycles. The molecule has 0 saturated heterocycles. The maximum absolute atomic E-state index is 12.5. The second-order valence-electron chi connectivity index (χ2n) is 20.9. The molecule has 8 rings (SSSR count). The van der Waals surface area contributed by atoms with Gasteiger partial charge < -0.3 is 5.11 Å². The molecule has 8 aromatic rings. The number of phenolic OH excluding ortho intramolecular Hbond substituents is 1. The largest absolute Gasteiger partial charge is 0.507 e. The minimum atomic E-state index is -2.64. The Morgan fingerprint density at radius 3 is 1.94 bits per heavy atom. The van der Waals surface area contributed by atoms with E-state index in [2.05, 4.69) is 84.6 Å². The molecule has 0 atom stereocenters. The molecule has 0 aliphatic carbocycles. The first-order valence-corrected chi connectivity index (χ1v) is 24.7. The van der Waals surface area contributed by atoms with Gasteiger partial charge in [0.1, 0.15) is 11.6 Å². The van der Waals surface area contributed by atoms with Crippen molar-refractivity contribution in [1.29, 1.82) is 0 Å². The maximum Gasteiger partial charge on any atom is 0.148 e. The SMILES string of the molecule is [2H]c1nc(-c2[c-]c(-c3cccc4c3nc(-c3cc(C(C)C)cc(C(C)C)c3O)n4-c3ccc(-c4c(C(C)(CC)CC)cccc4C(C)(CC)CC)cc3C([2H])([2H])[2H])cc(C(C)(C)C)c2)c([2H])c(-c2c([2H])c([2H])c([2H])c([2H])c2[2H])c1[2H].[Pt]. The van der Waals surface area contributed by atoms with E-state index >= 15 is 0 Å². The van der Waals surface area contributed by atoms with Crippen molar-refractivity contribution in [1.82, 2.24) is 14.5 Å². The van der Waals surface area contributed by atoms with Gasteiger partial charge in [-0.15, -0.1) is 29.3 Å². The van der Waals surface area contributed by atoms with Crippen molar-refractivity contribution in [3.8, 4) is 67.5 Å². The Bertz CT molecular complexity index is 3670. The summed E-state index contributed by atoms with van der Waals surface area (Å²) in [5, 5.41) is 12.5. The molecule has 2 heterocycles. The van der Waals surface area contributed by atoms with Gasteiger partial charge >= 0.3 is 0 Å². The summed E-state index contributed by atoms with van der Waals surface area (Å²) in [7, 11) is 0. The Balaban J connectivity index is 0.00000946. The molecule has 0 unspecified atom stereocenters. The van der Waals surface area contributed by atoms with Gasteiger partial charge in [-0.25, -0.2) is 4.98 Å².